The van der Waals surface area contributed by atoms with Gasteiger partial charge in [-0.25, -0.2) is 0 Å². The molecule has 0 aliphatic carbocycles. The highest BCUT2D eigenvalue weighted by Gasteiger charge is 2.33. The number of amides is 1. The van der Waals surface area contributed by atoms with Crippen LogP contribution in [0.1, 0.15) is 33.1 Å². The number of ether oxygens (including phenoxy) is 1. The molecule has 20 heavy (non-hydrogen) atoms. The lowest BCUT2D eigenvalue weighted by molar-refractivity contribution is -0.138. The number of carbonyl (C=O) groups excluding carboxylic acids is 1. The van der Waals surface area contributed by atoms with Gasteiger partial charge < -0.3 is 20.5 Å². The van der Waals surface area contributed by atoms with Crippen molar-refractivity contribution in [2.24, 2.45) is 11.8 Å². The molecule has 3 unspecified atom stereocenters. The summed E-state index contributed by atoms with van der Waals surface area (Å²) >= 11 is 0. The Morgan fingerprint density at radius 1 is 1.35 bits per heavy atom. The minimum Gasteiger partial charge on any atom is -0.481 e. The van der Waals surface area contributed by atoms with Crippen LogP contribution in [0.15, 0.2) is 0 Å². The zero-order valence-electron chi connectivity index (χ0n) is 12.4. The maximum absolute atomic E-state index is 12.1. The van der Waals surface area contributed by atoms with Crippen LogP contribution < -0.4 is 10.6 Å². The van der Waals surface area contributed by atoms with E-state index in [0.29, 0.717) is 19.8 Å². The smallest absolute Gasteiger partial charge is 0.303 e. The second-order valence-electron chi connectivity index (χ2n) is 5.32. The molecule has 0 spiro atoms. The van der Waals surface area contributed by atoms with E-state index in [9.17, 15) is 9.59 Å². The van der Waals surface area contributed by atoms with E-state index < -0.39 is 5.97 Å². The molecule has 6 nitrogen and oxygen atoms in total. The lowest BCUT2D eigenvalue weighted by Crippen LogP contribution is -2.45. The van der Waals surface area contributed by atoms with Crippen LogP contribution in [0, 0.1) is 11.8 Å². The second-order valence-corrected chi connectivity index (χ2v) is 5.32. The summed E-state index contributed by atoms with van der Waals surface area (Å²) in [6, 6.07) is 0.0644. The molecule has 1 amide bonds. The molecule has 0 bridgehead atoms. The number of carboxylic acids is 1. The number of hydrogen-bond donors (Lipinski definition) is 3. The van der Waals surface area contributed by atoms with Crippen molar-refractivity contribution in [1.29, 1.82) is 0 Å². The van der Waals surface area contributed by atoms with Gasteiger partial charge in [-0.2, -0.15) is 0 Å². The van der Waals surface area contributed by atoms with E-state index in [0.717, 1.165) is 19.4 Å². The highest BCUT2D eigenvalue weighted by atomic mass is 16.5. The number of carboxylic acid groups (broad SMARTS) is 1. The first-order valence-corrected chi connectivity index (χ1v) is 7.39. The largest absolute Gasteiger partial charge is 0.481 e. The summed E-state index contributed by atoms with van der Waals surface area (Å²) in [5, 5.41) is 15.0. The summed E-state index contributed by atoms with van der Waals surface area (Å²) in [4.78, 5) is 22.8. The van der Waals surface area contributed by atoms with Crippen LogP contribution in [0.25, 0.3) is 0 Å². The third-order valence-electron chi connectivity index (χ3n) is 3.68. The lowest BCUT2D eigenvalue weighted by Gasteiger charge is -2.20. The molecule has 1 aliphatic rings. The monoisotopic (exact) mass is 286 g/mol. The Balaban J connectivity index is 2.38. The number of nitrogens with one attached hydrogen (secondary N) is 2. The Bertz CT molecular complexity index is 322. The normalized spacial score (nSPS) is 23.5. The second kappa shape index (κ2) is 8.92. The Labute approximate surface area is 120 Å². The van der Waals surface area contributed by atoms with Gasteiger partial charge in [0.2, 0.25) is 5.91 Å². The molecule has 3 N–H and O–H groups in total. The van der Waals surface area contributed by atoms with Gasteiger partial charge in [-0.3, -0.25) is 9.59 Å². The minimum absolute atomic E-state index is 0.0131. The van der Waals surface area contributed by atoms with Gasteiger partial charge in [0, 0.05) is 19.0 Å². The maximum Gasteiger partial charge on any atom is 0.303 e. The van der Waals surface area contributed by atoms with Crippen LogP contribution in [0.5, 0.6) is 0 Å². The van der Waals surface area contributed by atoms with Crippen molar-refractivity contribution in [1.82, 2.24) is 10.6 Å². The molecular formula is C14H26N2O4. The van der Waals surface area contributed by atoms with Gasteiger partial charge in [0.1, 0.15) is 0 Å². The van der Waals surface area contributed by atoms with Gasteiger partial charge >= 0.3 is 5.97 Å². The molecule has 116 valence electrons. The zero-order chi connectivity index (χ0) is 15.0. The Morgan fingerprint density at radius 2 is 2.10 bits per heavy atom. The molecular weight excluding hydrogens is 260 g/mol. The topological polar surface area (TPSA) is 87.7 Å². The van der Waals surface area contributed by atoms with Gasteiger partial charge in [-0.05, 0) is 18.9 Å². The summed E-state index contributed by atoms with van der Waals surface area (Å²) in [5.41, 5.74) is 0. The third kappa shape index (κ3) is 5.46. The molecule has 6 heteroatoms. The van der Waals surface area contributed by atoms with E-state index >= 15 is 0 Å². The number of aliphatic carboxylic acids is 1. The summed E-state index contributed by atoms with van der Waals surface area (Å²) in [5.74, 6) is -1.05. The van der Waals surface area contributed by atoms with Gasteiger partial charge in [-0.1, -0.05) is 20.3 Å². The van der Waals surface area contributed by atoms with Crippen molar-refractivity contribution in [3.8, 4) is 0 Å². The number of carbonyl (C=O) groups is 2. The molecule has 0 aromatic rings. The van der Waals surface area contributed by atoms with Crippen LogP contribution in [0.3, 0.4) is 0 Å². The minimum atomic E-state index is -0.821. The number of rotatable bonds is 9. The molecule has 0 aromatic heterocycles. The lowest BCUT2D eigenvalue weighted by atomic mass is 10.00. The van der Waals surface area contributed by atoms with Crippen molar-refractivity contribution >= 4 is 11.9 Å². The molecule has 1 fully saturated rings. The Hall–Kier alpha value is -1.14. The van der Waals surface area contributed by atoms with Crippen LogP contribution in [-0.2, 0) is 14.3 Å². The predicted octanol–water partition coefficient (Wildman–Crippen LogP) is 0.618. The highest BCUT2D eigenvalue weighted by Crippen LogP contribution is 2.15. The Kier molecular flexibility index (Phi) is 7.54. The summed E-state index contributed by atoms with van der Waals surface area (Å²) in [7, 11) is 0. The zero-order valence-corrected chi connectivity index (χ0v) is 12.4. The molecule has 0 radical (unpaired) electrons. The maximum atomic E-state index is 12.1. The van der Waals surface area contributed by atoms with E-state index in [-0.39, 0.29) is 30.2 Å². The fourth-order valence-corrected chi connectivity index (χ4v) is 2.33. The molecule has 1 rings (SSSR count). The van der Waals surface area contributed by atoms with Crippen LogP contribution in [0.2, 0.25) is 0 Å². The quantitative estimate of drug-likeness (QED) is 0.578. The van der Waals surface area contributed by atoms with E-state index in [1.807, 2.05) is 6.92 Å². The van der Waals surface area contributed by atoms with E-state index in [2.05, 4.69) is 17.6 Å². The van der Waals surface area contributed by atoms with Crippen LogP contribution in [-0.4, -0.2) is 49.3 Å². The predicted molar refractivity (Wildman–Crippen MR) is 75.4 cm³/mol. The van der Waals surface area contributed by atoms with Crippen molar-refractivity contribution in [2.45, 2.75) is 39.2 Å². The van der Waals surface area contributed by atoms with Crippen molar-refractivity contribution < 1.29 is 19.4 Å². The van der Waals surface area contributed by atoms with Crippen LogP contribution >= 0.6 is 0 Å². The fourth-order valence-electron chi connectivity index (χ4n) is 2.33. The van der Waals surface area contributed by atoms with E-state index in [4.69, 9.17) is 9.84 Å². The van der Waals surface area contributed by atoms with Gasteiger partial charge in [-0.15, -0.1) is 0 Å². The van der Waals surface area contributed by atoms with Crippen molar-refractivity contribution in [3.63, 3.8) is 0 Å². The SMILES string of the molecule is CCCNC1COCC1C(=O)NCC(CC)CC(=O)O. The number of hydrogen-bond acceptors (Lipinski definition) is 4. The van der Waals surface area contributed by atoms with Gasteiger partial charge in [0.15, 0.2) is 0 Å². The molecule has 1 aliphatic heterocycles. The summed E-state index contributed by atoms with van der Waals surface area (Å²) in [6.45, 7) is 6.29. The van der Waals surface area contributed by atoms with Crippen molar-refractivity contribution in [3.05, 3.63) is 0 Å². The average molecular weight is 286 g/mol. The molecule has 1 saturated heterocycles. The highest BCUT2D eigenvalue weighted by molar-refractivity contribution is 5.80. The third-order valence-corrected chi connectivity index (χ3v) is 3.68. The molecule has 0 aromatic carbocycles. The molecule has 3 atom stereocenters. The van der Waals surface area contributed by atoms with Crippen LogP contribution in [0.4, 0.5) is 0 Å². The van der Waals surface area contributed by atoms with E-state index in [1.54, 1.807) is 0 Å². The van der Waals surface area contributed by atoms with Crippen molar-refractivity contribution in [2.75, 3.05) is 26.3 Å². The van der Waals surface area contributed by atoms with Gasteiger partial charge in [0.25, 0.3) is 0 Å². The van der Waals surface area contributed by atoms with Gasteiger partial charge in [0.05, 0.1) is 19.1 Å². The average Bonchev–Trinajstić information content (AvgIpc) is 2.88. The molecule has 0 saturated carbocycles. The van der Waals surface area contributed by atoms with E-state index in [1.165, 1.54) is 0 Å². The first-order chi connectivity index (χ1) is 9.58. The molecule has 1 heterocycles. The standard InChI is InChI=1S/C14H26N2O4/c1-3-5-15-12-9-20-8-11(12)14(19)16-7-10(4-2)6-13(17)18/h10-12,15H,3-9H2,1-2H3,(H,16,19)(H,17,18). The Morgan fingerprint density at radius 3 is 2.70 bits per heavy atom. The summed E-state index contributed by atoms with van der Waals surface area (Å²) < 4.78 is 5.37. The summed E-state index contributed by atoms with van der Waals surface area (Å²) in [6.07, 6.45) is 1.85. The fraction of sp³-hybridized carbons (Fsp3) is 0.857. The first kappa shape index (κ1) is 16.9. The first-order valence-electron chi connectivity index (χ1n) is 7.39.